The number of carbonyl (C=O) groups is 2. The summed E-state index contributed by atoms with van der Waals surface area (Å²) in [5.74, 6) is -1.20. The highest BCUT2D eigenvalue weighted by Gasteiger charge is 2.29. The number of nitrogens with zero attached hydrogens (tertiary/aromatic N) is 3. The molecule has 5 aromatic rings. The maximum atomic E-state index is 13.8. The summed E-state index contributed by atoms with van der Waals surface area (Å²) in [7, 11) is -2.59. The minimum absolute atomic E-state index is 0.00997. The van der Waals surface area contributed by atoms with Crippen LogP contribution in [-0.4, -0.2) is 48.0 Å². The molecule has 0 aliphatic heterocycles. The average Bonchev–Trinajstić information content (AvgIpc) is 3.45. The molecule has 2 aromatic heterocycles. The van der Waals surface area contributed by atoms with E-state index in [0.29, 0.717) is 44.2 Å². The summed E-state index contributed by atoms with van der Waals surface area (Å²) in [6, 6.07) is 15.5. The number of carbonyl (C=O) groups excluding carboxylic acids is 2. The van der Waals surface area contributed by atoms with Crippen LogP contribution >= 0.6 is 0 Å². The van der Waals surface area contributed by atoms with Crippen LogP contribution in [-0.2, 0) is 14.6 Å². The van der Waals surface area contributed by atoms with Gasteiger partial charge in [0.05, 0.1) is 29.9 Å². The summed E-state index contributed by atoms with van der Waals surface area (Å²) in [4.78, 5) is 25.2. The highest BCUT2D eigenvalue weighted by atomic mass is 32.2. The molecule has 39 heavy (non-hydrogen) atoms. The quantitative estimate of drug-likeness (QED) is 0.269. The van der Waals surface area contributed by atoms with Crippen molar-refractivity contribution in [2.24, 2.45) is 5.41 Å². The Morgan fingerprint density at radius 1 is 0.949 bits per heavy atom. The molecular formula is C29H26FN3O5S. The Labute approximate surface area is 224 Å². The van der Waals surface area contributed by atoms with Gasteiger partial charge in [0.2, 0.25) is 0 Å². The molecule has 10 heteroatoms. The van der Waals surface area contributed by atoms with E-state index in [0.717, 1.165) is 6.26 Å². The molecule has 0 aliphatic carbocycles. The van der Waals surface area contributed by atoms with Gasteiger partial charge in [0, 0.05) is 33.7 Å². The molecule has 8 nitrogen and oxygen atoms in total. The SMILES string of the molecule is COC(=O)c1ccc(-c2c(S(C)(=O)=O)n(-c3ccc(F)cc3)c3cc4cnn(C(=O)C(C)(C)C)c4cc23)cc1. The van der Waals surface area contributed by atoms with Crippen molar-refractivity contribution in [1.29, 1.82) is 0 Å². The van der Waals surface area contributed by atoms with Gasteiger partial charge in [-0.3, -0.25) is 9.36 Å². The molecule has 0 spiro atoms. The van der Waals surface area contributed by atoms with Crippen LogP contribution in [0.1, 0.15) is 35.9 Å². The van der Waals surface area contributed by atoms with Gasteiger partial charge in [0.1, 0.15) is 10.8 Å². The second-order valence-electron chi connectivity index (χ2n) is 10.4. The topological polar surface area (TPSA) is 100 Å². The highest BCUT2D eigenvalue weighted by Crippen LogP contribution is 2.41. The van der Waals surface area contributed by atoms with E-state index in [1.54, 1.807) is 67.9 Å². The molecule has 0 saturated carbocycles. The second-order valence-corrected chi connectivity index (χ2v) is 12.3. The molecule has 0 atom stereocenters. The van der Waals surface area contributed by atoms with Crippen LogP contribution in [0.25, 0.3) is 38.6 Å². The van der Waals surface area contributed by atoms with Crippen LogP contribution < -0.4 is 0 Å². The number of ether oxygens (including phenoxy) is 1. The Morgan fingerprint density at radius 3 is 2.15 bits per heavy atom. The van der Waals surface area contributed by atoms with Crippen molar-refractivity contribution >= 4 is 43.5 Å². The van der Waals surface area contributed by atoms with Crippen molar-refractivity contribution in [2.75, 3.05) is 13.4 Å². The molecule has 0 radical (unpaired) electrons. The lowest BCUT2D eigenvalue weighted by Gasteiger charge is -2.16. The summed E-state index contributed by atoms with van der Waals surface area (Å²) >= 11 is 0. The lowest BCUT2D eigenvalue weighted by molar-refractivity contribution is 0.0600. The fourth-order valence-corrected chi connectivity index (χ4v) is 5.76. The van der Waals surface area contributed by atoms with Gasteiger partial charge < -0.3 is 4.74 Å². The number of hydrogen-bond donors (Lipinski definition) is 0. The normalized spacial score (nSPS) is 12.3. The summed E-state index contributed by atoms with van der Waals surface area (Å²) in [6.07, 6.45) is 2.67. The fraction of sp³-hybridized carbons (Fsp3) is 0.207. The predicted molar refractivity (Wildman–Crippen MR) is 146 cm³/mol. The van der Waals surface area contributed by atoms with E-state index >= 15 is 0 Å². The molecule has 0 fully saturated rings. The van der Waals surface area contributed by atoms with Gasteiger partial charge in [-0.1, -0.05) is 32.9 Å². The second kappa shape index (κ2) is 9.16. The molecule has 0 N–H and O–H groups in total. The Morgan fingerprint density at radius 2 is 1.59 bits per heavy atom. The molecular weight excluding hydrogens is 521 g/mol. The number of hydrogen-bond acceptors (Lipinski definition) is 6. The molecule has 2 heterocycles. The van der Waals surface area contributed by atoms with Gasteiger partial charge in [-0.05, 0) is 54.1 Å². The zero-order valence-electron chi connectivity index (χ0n) is 22.0. The van der Waals surface area contributed by atoms with Crippen molar-refractivity contribution in [3.63, 3.8) is 0 Å². The third-order valence-corrected chi connectivity index (χ3v) is 7.57. The molecule has 5 rings (SSSR count). The van der Waals surface area contributed by atoms with E-state index in [2.05, 4.69) is 5.10 Å². The molecule has 0 amide bonds. The standard InChI is InChI=1S/C29H26FN3O5S/c1-29(2,3)28(35)33-23-15-22-24(14-19(23)16-31-33)32(21-12-10-20(30)11-13-21)26(39(5,36)37)25(22)17-6-8-18(9-7-17)27(34)38-4/h6-16H,1-5H3. The van der Waals surface area contributed by atoms with E-state index in [4.69, 9.17) is 4.74 Å². The van der Waals surface area contributed by atoms with Crippen LogP contribution in [0.2, 0.25) is 0 Å². The first-order valence-corrected chi connectivity index (χ1v) is 14.0. The smallest absolute Gasteiger partial charge is 0.337 e. The van der Waals surface area contributed by atoms with Gasteiger partial charge in [-0.2, -0.15) is 9.78 Å². The Bertz CT molecular complexity index is 1880. The van der Waals surface area contributed by atoms with Crippen molar-refractivity contribution in [3.8, 4) is 16.8 Å². The van der Waals surface area contributed by atoms with Gasteiger partial charge >= 0.3 is 5.97 Å². The maximum absolute atomic E-state index is 13.8. The largest absolute Gasteiger partial charge is 0.465 e. The lowest BCUT2D eigenvalue weighted by Crippen LogP contribution is -2.27. The number of methoxy groups -OCH3 is 1. The minimum Gasteiger partial charge on any atom is -0.465 e. The average molecular weight is 548 g/mol. The number of halogens is 1. The molecule has 0 bridgehead atoms. The summed E-state index contributed by atoms with van der Waals surface area (Å²) in [6.45, 7) is 5.38. The van der Waals surface area contributed by atoms with Crippen molar-refractivity contribution < 1.29 is 27.1 Å². The number of aromatic nitrogens is 3. The summed E-state index contributed by atoms with van der Waals surface area (Å²) < 4.78 is 48.3. The van der Waals surface area contributed by atoms with Crippen LogP contribution in [0.5, 0.6) is 0 Å². The zero-order valence-corrected chi connectivity index (χ0v) is 22.8. The first-order valence-electron chi connectivity index (χ1n) is 12.1. The first kappa shape index (κ1) is 26.3. The van der Waals surface area contributed by atoms with Crippen LogP contribution in [0.4, 0.5) is 4.39 Å². The van der Waals surface area contributed by atoms with Gasteiger partial charge in [-0.15, -0.1) is 0 Å². The van der Waals surface area contributed by atoms with Gasteiger partial charge in [0.25, 0.3) is 5.91 Å². The van der Waals surface area contributed by atoms with Crippen LogP contribution in [0.3, 0.4) is 0 Å². The summed E-state index contributed by atoms with van der Waals surface area (Å²) in [5.41, 5.74) is 2.00. The number of fused-ring (bicyclic) bond motifs is 2. The molecule has 0 aliphatic rings. The number of sulfone groups is 1. The molecule has 200 valence electrons. The predicted octanol–water partition coefficient (Wildman–Crippen LogP) is 5.66. The molecule has 0 saturated heterocycles. The van der Waals surface area contributed by atoms with Crippen LogP contribution in [0.15, 0.2) is 71.9 Å². The van der Waals surface area contributed by atoms with E-state index < -0.39 is 27.0 Å². The number of esters is 1. The first-order chi connectivity index (χ1) is 18.3. The monoisotopic (exact) mass is 547 g/mol. The van der Waals surface area contributed by atoms with Gasteiger partial charge in [0.15, 0.2) is 9.84 Å². The van der Waals surface area contributed by atoms with Crippen molar-refractivity contribution in [1.82, 2.24) is 14.3 Å². The van der Waals surface area contributed by atoms with E-state index in [9.17, 15) is 22.4 Å². The van der Waals surface area contributed by atoms with Crippen LogP contribution in [0, 0.1) is 11.2 Å². The van der Waals surface area contributed by atoms with E-state index in [-0.39, 0.29) is 10.9 Å². The van der Waals surface area contributed by atoms with Crippen molar-refractivity contribution in [2.45, 2.75) is 25.8 Å². The van der Waals surface area contributed by atoms with Crippen molar-refractivity contribution in [3.05, 3.63) is 78.2 Å². The fourth-order valence-electron chi connectivity index (χ4n) is 4.63. The minimum atomic E-state index is -3.87. The Balaban J connectivity index is 1.93. The maximum Gasteiger partial charge on any atom is 0.337 e. The number of rotatable bonds is 4. The number of benzene rings is 3. The zero-order chi connectivity index (χ0) is 28.3. The lowest BCUT2D eigenvalue weighted by atomic mass is 9.95. The third-order valence-electron chi connectivity index (χ3n) is 6.48. The molecule has 0 unspecified atom stereocenters. The van der Waals surface area contributed by atoms with E-state index in [1.165, 1.54) is 36.1 Å². The van der Waals surface area contributed by atoms with E-state index in [1.807, 2.05) is 0 Å². The molecule has 3 aromatic carbocycles. The Kier molecular flexibility index (Phi) is 6.18. The third kappa shape index (κ3) is 4.50. The van der Waals surface area contributed by atoms with Gasteiger partial charge in [-0.25, -0.2) is 17.6 Å². The Hall–Kier alpha value is -4.31. The summed E-state index contributed by atoms with van der Waals surface area (Å²) in [5, 5.41) is 5.50. The highest BCUT2D eigenvalue weighted by molar-refractivity contribution is 7.90.